The molecular weight excluding hydrogens is 280 g/mol. The van der Waals surface area contributed by atoms with E-state index >= 15 is 0 Å². The van der Waals surface area contributed by atoms with Crippen LogP contribution in [-0.4, -0.2) is 29.4 Å². The molecular formula is C16H22N4S. The molecule has 0 fully saturated rings. The van der Waals surface area contributed by atoms with Gasteiger partial charge in [0.05, 0.1) is 23.8 Å². The molecule has 4 nitrogen and oxygen atoms in total. The maximum Gasteiger partial charge on any atom is 0.194 e. The lowest BCUT2D eigenvalue weighted by atomic mass is 10.2. The summed E-state index contributed by atoms with van der Waals surface area (Å²) in [6, 6.07) is 10.3. The predicted octanol–water partition coefficient (Wildman–Crippen LogP) is 3.05. The number of hydrogen-bond donors (Lipinski definition) is 1. The molecule has 0 radical (unpaired) electrons. The van der Waals surface area contributed by atoms with Crippen molar-refractivity contribution < 1.29 is 0 Å². The zero-order chi connectivity index (χ0) is 15.1. The van der Waals surface area contributed by atoms with E-state index in [1.165, 1.54) is 5.56 Å². The van der Waals surface area contributed by atoms with Gasteiger partial charge in [-0.05, 0) is 19.4 Å². The standard InChI is InChI=1S/C16H22N4S/c1-4-17-16(18-10-14-8-6-5-7-9-14)20(3)11-15-12-21-13(2)19-15/h5-9,12H,4,10-11H2,1-3H3,(H,17,18). The molecule has 0 amide bonds. The van der Waals surface area contributed by atoms with Crippen LogP contribution in [0.4, 0.5) is 0 Å². The number of aromatic nitrogens is 1. The van der Waals surface area contributed by atoms with Gasteiger partial charge in [0.25, 0.3) is 0 Å². The minimum absolute atomic E-state index is 0.684. The number of aryl methyl sites for hydroxylation is 1. The molecule has 0 bridgehead atoms. The van der Waals surface area contributed by atoms with Crippen LogP contribution in [0, 0.1) is 6.92 Å². The van der Waals surface area contributed by atoms with E-state index in [0.29, 0.717) is 6.54 Å². The van der Waals surface area contributed by atoms with Gasteiger partial charge in [0.1, 0.15) is 0 Å². The maximum absolute atomic E-state index is 4.69. The Hall–Kier alpha value is -1.88. The lowest BCUT2D eigenvalue weighted by Crippen LogP contribution is -2.38. The first-order chi connectivity index (χ1) is 10.2. The second-order valence-corrected chi connectivity index (χ2v) is 5.93. The summed E-state index contributed by atoms with van der Waals surface area (Å²) in [5.74, 6) is 0.909. The fourth-order valence-corrected chi connectivity index (χ4v) is 2.62. The SMILES string of the molecule is CCNC(=NCc1ccccc1)N(C)Cc1csc(C)n1. The minimum atomic E-state index is 0.684. The quantitative estimate of drug-likeness (QED) is 0.682. The Balaban J connectivity index is 2.02. The molecule has 21 heavy (non-hydrogen) atoms. The van der Waals surface area contributed by atoms with Crippen molar-refractivity contribution in [3.63, 3.8) is 0 Å². The monoisotopic (exact) mass is 302 g/mol. The first kappa shape index (κ1) is 15.5. The van der Waals surface area contributed by atoms with Crippen molar-refractivity contribution in [3.05, 3.63) is 52.0 Å². The largest absolute Gasteiger partial charge is 0.357 e. The van der Waals surface area contributed by atoms with E-state index < -0.39 is 0 Å². The fraction of sp³-hybridized carbons (Fsp3) is 0.375. The van der Waals surface area contributed by atoms with Gasteiger partial charge in [-0.25, -0.2) is 9.98 Å². The topological polar surface area (TPSA) is 40.5 Å². The average Bonchev–Trinajstić information content (AvgIpc) is 2.89. The second-order valence-electron chi connectivity index (χ2n) is 4.87. The van der Waals surface area contributed by atoms with Gasteiger partial charge >= 0.3 is 0 Å². The molecule has 0 saturated heterocycles. The zero-order valence-corrected chi connectivity index (χ0v) is 13.7. The van der Waals surface area contributed by atoms with Crippen LogP contribution in [0.1, 0.15) is 23.2 Å². The van der Waals surface area contributed by atoms with E-state index in [-0.39, 0.29) is 0 Å². The second kappa shape index (κ2) is 7.78. The Morgan fingerprint density at radius 2 is 2.10 bits per heavy atom. The lowest BCUT2D eigenvalue weighted by Gasteiger charge is -2.21. The predicted molar refractivity (Wildman–Crippen MR) is 89.6 cm³/mol. The van der Waals surface area contributed by atoms with Crippen LogP contribution in [0.2, 0.25) is 0 Å². The third-order valence-corrected chi connectivity index (χ3v) is 3.84. The zero-order valence-electron chi connectivity index (χ0n) is 12.8. The Bertz CT molecular complexity index is 577. The Morgan fingerprint density at radius 1 is 1.33 bits per heavy atom. The van der Waals surface area contributed by atoms with E-state index in [1.54, 1.807) is 11.3 Å². The van der Waals surface area contributed by atoms with E-state index in [1.807, 2.05) is 32.2 Å². The van der Waals surface area contributed by atoms with E-state index in [9.17, 15) is 0 Å². The summed E-state index contributed by atoms with van der Waals surface area (Å²) in [6.45, 7) is 6.42. The normalized spacial score (nSPS) is 11.5. The molecule has 0 atom stereocenters. The summed E-state index contributed by atoms with van der Waals surface area (Å²) >= 11 is 1.68. The van der Waals surface area contributed by atoms with Gasteiger partial charge in [0.15, 0.2) is 5.96 Å². The van der Waals surface area contributed by atoms with E-state index in [4.69, 9.17) is 4.99 Å². The van der Waals surface area contributed by atoms with Crippen molar-refractivity contribution >= 4 is 17.3 Å². The van der Waals surface area contributed by atoms with Crippen molar-refractivity contribution in [1.82, 2.24) is 15.2 Å². The highest BCUT2D eigenvalue weighted by atomic mass is 32.1. The molecule has 0 unspecified atom stereocenters. The fourth-order valence-electron chi connectivity index (χ4n) is 2.02. The Labute approximate surface area is 130 Å². The van der Waals surface area contributed by atoms with Gasteiger partial charge < -0.3 is 10.2 Å². The molecule has 1 aromatic carbocycles. The van der Waals surface area contributed by atoms with Gasteiger partial charge in [-0.1, -0.05) is 30.3 Å². The van der Waals surface area contributed by atoms with Crippen molar-refractivity contribution in [3.8, 4) is 0 Å². The summed E-state index contributed by atoms with van der Waals surface area (Å²) in [6.07, 6.45) is 0. The van der Waals surface area contributed by atoms with Crippen LogP contribution < -0.4 is 5.32 Å². The van der Waals surface area contributed by atoms with Crippen molar-refractivity contribution in [2.45, 2.75) is 26.9 Å². The van der Waals surface area contributed by atoms with Crippen LogP contribution in [0.3, 0.4) is 0 Å². The van der Waals surface area contributed by atoms with Crippen molar-refractivity contribution in [2.24, 2.45) is 4.99 Å². The number of benzene rings is 1. The van der Waals surface area contributed by atoms with Gasteiger partial charge in [0, 0.05) is 19.0 Å². The van der Waals surface area contributed by atoms with Gasteiger partial charge in [-0.15, -0.1) is 11.3 Å². The summed E-state index contributed by atoms with van der Waals surface area (Å²) in [7, 11) is 2.04. The van der Waals surface area contributed by atoms with Gasteiger partial charge in [-0.3, -0.25) is 0 Å². The Kier molecular flexibility index (Phi) is 5.75. The molecule has 1 N–H and O–H groups in total. The van der Waals surface area contributed by atoms with Gasteiger partial charge in [-0.2, -0.15) is 0 Å². The van der Waals surface area contributed by atoms with Crippen LogP contribution in [-0.2, 0) is 13.1 Å². The molecule has 2 aromatic rings. The average molecular weight is 302 g/mol. The number of guanidine groups is 1. The number of hydrogen-bond acceptors (Lipinski definition) is 3. The highest BCUT2D eigenvalue weighted by Gasteiger charge is 2.08. The molecule has 0 spiro atoms. The number of rotatable bonds is 5. The number of nitrogens with zero attached hydrogens (tertiary/aromatic N) is 3. The number of nitrogens with one attached hydrogen (secondary N) is 1. The summed E-state index contributed by atoms with van der Waals surface area (Å²) in [5.41, 5.74) is 2.30. The molecule has 5 heteroatoms. The summed E-state index contributed by atoms with van der Waals surface area (Å²) in [4.78, 5) is 11.3. The first-order valence-electron chi connectivity index (χ1n) is 7.13. The summed E-state index contributed by atoms with van der Waals surface area (Å²) in [5, 5.41) is 6.54. The molecule has 0 aliphatic carbocycles. The highest BCUT2D eigenvalue weighted by molar-refractivity contribution is 7.09. The maximum atomic E-state index is 4.69. The van der Waals surface area contributed by atoms with Gasteiger partial charge in [0.2, 0.25) is 0 Å². The molecule has 112 valence electrons. The van der Waals surface area contributed by atoms with Crippen LogP contribution >= 0.6 is 11.3 Å². The summed E-state index contributed by atoms with van der Waals surface area (Å²) < 4.78 is 0. The Morgan fingerprint density at radius 3 is 2.71 bits per heavy atom. The van der Waals surface area contributed by atoms with Crippen molar-refractivity contribution in [1.29, 1.82) is 0 Å². The van der Waals surface area contributed by atoms with E-state index in [2.05, 4.69) is 39.6 Å². The highest BCUT2D eigenvalue weighted by Crippen LogP contribution is 2.10. The lowest BCUT2D eigenvalue weighted by molar-refractivity contribution is 0.471. The molecule has 1 aromatic heterocycles. The smallest absolute Gasteiger partial charge is 0.194 e. The van der Waals surface area contributed by atoms with E-state index in [0.717, 1.165) is 29.8 Å². The number of aliphatic imine (C=N–C) groups is 1. The van der Waals surface area contributed by atoms with Crippen LogP contribution in [0.15, 0.2) is 40.7 Å². The first-order valence-corrected chi connectivity index (χ1v) is 8.01. The van der Waals surface area contributed by atoms with Crippen LogP contribution in [0.5, 0.6) is 0 Å². The van der Waals surface area contributed by atoms with Crippen molar-refractivity contribution in [2.75, 3.05) is 13.6 Å². The minimum Gasteiger partial charge on any atom is -0.357 e. The third kappa shape index (κ3) is 4.86. The third-order valence-electron chi connectivity index (χ3n) is 3.02. The molecule has 0 aliphatic rings. The molecule has 1 heterocycles. The number of thiazole rings is 1. The van der Waals surface area contributed by atoms with Crippen LogP contribution in [0.25, 0.3) is 0 Å². The molecule has 0 saturated carbocycles. The molecule has 2 rings (SSSR count). The molecule has 0 aliphatic heterocycles.